The second-order valence-corrected chi connectivity index (χ2v) is 19.1. The molecule has 0 unspecified atom stereocenters. The third-order valence-corrected chi connectivity index (χ3v) is 5.80. The molecule has 0 fully saturated rings. The van der Waals surface area contributed by atoms with Gasteiger partial charge in [-0.3, -0.25) is 0 Å². The summed E-state index contributed by atoms with van der Waals surface area (Å²) in [6.07, 6.45) is -8.58. The zero-order valence-electron chi connectivity index (χ0n) is 19.4. The van der Waals surface area contributed by atoms with Crippen molar-refractivity contribution in [3.63, 3.8) is 0 Å². The van der Waals surface area contributed by atoms with Crippen molar-refractivity contribution in [1.82, 2.24) is 0 Å². The predicted octanol–water partition coefficient (Wildman–Crippen LogP) is 4.09. The van der Waals surface area contributed by atoms with Gasteiger partial charge in [-0.05, 0) is 8.95 Å². The van der Waals surface area contributed by atoms with Gasteiger partial charge in [-0.1, -0.05) is 57.8 Å². The molecule has 4 aromatic rings. The zero-order chi connectivity index (χ0) is 26.0. The molecule has 0 atom stereocenters. The van der Waals surface area contributed by atoms with Crippen LogP contribution >= 0.6 is 31.9 Å². The maximum absolute atomic E-state index is 12.5. The number of hydrogen-bond donors (Lipinski definition) is 0. The van der Waals surface area contributed by atoms with Crippen LogP contribution in [0.15, 0.2) is 57.5 Å². The van der Waals surface area contributed by atoms with Crippen LogP contribution in [0.3, 0.4) is 0 Å². The van der Waals surface area contributed by atoms with E-state index in [1.54, 1.807) is 35.5 Å². The van der Waals surface area contributed by atoms with Crippen LogP contribution in [-0.4, -0.2) is 5.43 Å². The second kappa shape index (κ2) is 14.3. The molecule has 36 heavy (non-hydrogen) atoms. The molecule has 0 aliphatic rings. The molecule has 0 N–H and O–H groups in total. The minimum atomic E-state index is -4.29. The SMILES string of the molecule is C[Si](C)=[Zr+2].Cc1cc2c(Br)cc(C(F)(F)F)cc2[cH-]1.Cc1cc2c(Br)cc(C(F)(F)F)cc2[cH-]1.[Cl-].[Cl-]. The molecular weight excluding hydrogens is 752 g/mol. The van der Waals surface area contributed by atoms with E-state index in [4.69, 9.17) is 0 Å². The average molecular weight is 772 g/mol. The molecule has 0 amide bonds. The van der Waals surface area contributed by atoms with Crippen molar-refractivity contribution >= 4 is 58.8 Å². The molecule has 0 aliphatic carbocycles. The maximum Gasteiger partial charge on any atom is 0.407 e. The molecule has 4 rings (SSSR count). The minimum Gasteiger partial charge on any atom is -1.00 e. The Morgan fingerprint density at radius 3 is 1.19 bits per heavy atom. The van der Waals surface area contributed by atoms with E-state index in [1.165, 1.54) is 12.1 Å². The van der Waals surface area contributed by atoms with Gasteiger partial charge in [0.05, 0.1) is 0 Å². The monoisotopic (exact) mass is 768 g/mol. The Morgan fingerprint density at radius 2 is 0.944 bits per heavy atom. The summed E-state index contributed by atoms with van der Waals surface area (Å²) in [7, 11) is 0. The third kappa shape index (κ3) is 10.2. The van der Waals surface area contributed by atoms with E-state index >= 15 is 0 Å². The fourth-order valence-corrected chi connectivity index (χ4v) is 4.36. The molecular formula is C24H20Br2Cl2F6SiZr-2. The summed E-state index contributed by atoms with van der Waals surface area (Å²) in [5.41, 5.74) is 0.900. The van der Waals surface area contributed by atoms with Crippen molar-refractivity contribution < 1.29 is 74.5 Å². The molecule has 0 spiro atoms. The Bertz CT molecular complexity index is 1230. The van der Waals surface area contributed by atoms with Gasteiger partial charge >= 0.3 is 54.2 Å². The first-order chi connectivity index (χ1) is 15.5. The van der Waals surface area contributed by atoms with Gasteiger partial charge in [-0.25, -0.2) is 0 Å². The largest absolute Gasteiger partial charge is 1.00 e. The van der Waals surface area contributed by atoms with Gasteiger partial charge in [0.2, 0.25) is 0 Å². The van der Waals surface area contributed by atoms with E-state index in [9.17, 15) is 26.3 Å². The van der Waals surface area contributed by atoms with E-state index in [1.807, 2.05) is 26.0 Å². The summed E-state index contributed by atoms with van der Waals surface area (Å²) in [6.45, 7) is 8.34. The first-order valence-corrected chi connectivity index (χ1v) is 17.7. The van der Waals surface area contributed by atoms with Crippen LogP contribution in [0, 0.1) is 13.8 Å². The van der Waals surface area contributed by atoms with E-state index in [0.29, 0.717) is 19.7 Å². The second-order valence-electron chi connectivity index (χ2n) is 7.98. The Kier molecular flexibility index (Phi) is 14.3. The van der Waals surface area contributed by atoms with Crippen LogP contribution in [-0.2, 0) is 35.7 Å². The average Bonchev–Trinajstić information content (AvgIpc) is 3.22. The fraction of sp³-hybridized carbons (Fsp3) is 0.250. The van der Waals surface area contributed by atoms with Crippen molar-refractivity contribution in [2.45, 2.75) is 39.3 Å². The van der Waals surface area contributed by atoms with Crippen molar-refractivity contribution in [2.75, 3.05) is 0 Å². The Hall–Kier alpha value is -0.120. The first-order valence-electron chi connectivity index (χ1n) is 9.88. The normalized spacial score (nSPS) is 11.1. The van der Waals surface area contributed by atoms with Crippen LogP contribution in [0.4, 0.5) is 26.3 Å². The van der Waals surface area contributed by atoms with E-state index < -0.39 is 23.5 Å². The molecule has 0 radical (unpaired) electrons. The molecule has 0 nitrogen and oxygen atoms in total. The number of benzene rings is 2. The number of alkyl halides is 6. The third-order valence-electron chi connectivity index (χ3n) is 4.49. The summed E-state index contributed by atoms with van der Waals surface area (Å²) < 4.78 is 75.9. The van der Waals surface area contributed by atoms with Crippen molar-refractivity contribution in [2.24, 2.45) is 0 Å². The first kappa shape index (κ1) is 35.9. The van der Waals surface area contributed by atoms with Crippen LogP contribution in [0.1, 0.15) is 22.3 Å². The molecule has 0 bridgehead atoms. The maximum atomic E-state index is 12.5. The Morgan fingerprint density at radius 1 is 0.667 bits per heavy atom. The number of aryl methyl sites for hydroxylation is 2. The van der Waals surface area contributed by atoms with Gasteiger partial charge < -0.3 is 24.8 Å². The summed E-state index contributed by atoms with van der Waals surface area (Å²) in [5, 5.41) is 2.88. The Balaban J connectivity index is 0.000000566. The molecule has 0 saturated carbocycles. The molecule has 12 heteroatoms. The van der Waals surface area contributed by atoms with Crippen molar-refractivity contribution in [3.05, 3.63) is 79.7 Å². The quantitative estimate of drug-likeness (QED) is 0.144. The van der Waals surface area contributed by atoms with Crippen molar-refractivity contribution in [1.29, 1.82) is 0 Å². The smallest absolute Gasteiger partial charge is 0.407 e. The minimum absolute atomic E-state index is 0. The van der Waals surface area contributed by atoms with Gasteiger partial charge in [0.25, 0.3) is 0 Å². The summed E-state index contributed by atoms with van der Waals surface area (Å²) >= 11 is 8.05. The molecule has 0 heterocycles. The van der Waals surface area contributed by atoms with Gasteiger partial charge in [-0.2, -0.15) is 38.5 Å². The zero-order valence-corrected chi connectivity index (χ0v) is 27.5. The molecule has 4 aromatic carbocycles. The van der Waals surface area contributed by atoms with E-state index in [-0.39, 0.29) is 30.2 Å². The van der Waals surface area contributed by atoms with Gasteiger partial charge in [0.1, 0.15) is 0 Å². The fourth-order valence-electron chi connectivity index (χ4n) is 3.18. The number of halogens is 10. The van der Waals surface area contributed by atoms with Gasteiger partial charge in [0, 0.05) is 11.1 Å². The number of fused-ring (bicyclic) bond motifs is 2. The van der Waals surface area contributed by atoms with E-state index in [2.05, 4.69) is 45.0 Å². The molecule has 0 aromatic heterocycles. The molecule has 0 aliphatic heterocycles. The predicted molar refractivity (Wildman–Crippen MR) is 131 cm³/mol. The summed E-state index contributed by atoms with van der Waals surface area (Å²) in [6, 6.07) is 11.8. The summed E-state index contributed by atoms with van der Waals surface area (Å²) in [5.74, 6) is 0. The topological polar surface area (TPSA) is 0 Å². The molecule has 0 saturated heterocycles. The molecule has 196 valence electrons. The van der Waals surface area contributed by atoms with Gasteiger partial charge in [-0.15, -0.1) is 56.9 Å². The van der Waals surface area contributed by atoms with Gasteiger partial charge in [0.15, 0.2) is 0 Å². The van der Waals surface area contributed by atoms with Crippen molar-refractivity contribution in [3.8, 4) is 0 Å². The Labute approximate surface area is 250 Å². The number of hydrogen-bond acceptors (Lipinski definition) is 0. The van der Waals surface area contributed by atoms with Crippen LogP contribution in [0.25, 0.3) is 21.5 Å². The van der Waals surface area contributed by atoms with Crippen LogP contribution in [0.2, 0.25) is 13.1 Å². The van der Waals surface area contributed by atoms with E-state index in [0.717, 1.165) is 34.0 Å². The standard InChI is InChI=1S/2C11H7BrF3.C2H6Si.2ClH.Zr/c2*1-6-2-7-4-8(11(13,14)15)5-10(12)9(7)3-6;1-3-2;;;/h2*2-5H,1H3;1-2H3;2*1H;/q2*-1;;;;+2/p-2. The number of rotatable bonds is 0. The summed E-state index contributed by atoms with van der Waals surface area (Å²) in [4.78, 5) is 0. The van der Waals surface area contributed by atoms with Crippen LogP contribution in [0.5, 0.6) is 0 Å². The van der Waals surface area contributed by atoms with Crippen LogP contribution < -0.4 is 24.8 Å².